The van der Waals surface area contributed by atoms with Crippen molar-refractivity contribution >= 4 is 12.0 Å². The smallest absolute Gasteiger partial charge is 0.407 e. The predicted octanol–water partition coefficient (Wildman–Crippen LogP) is 0.525. The Kier molecular flexibility index (Phi) is 3.05. The van der Waals surface area contributed by atoms with E-state index < -0.39 is 6.09 Å². The molecule has 0 bridgehead atoms. The van der Waals surface area contributed by atoms with Crippen LogP contribution in [0.5, 0.6) is 0 Å². The van der Waals surface area contributed by atoms with Gasteiger partial charge in [-0.1, -0.05) is 18.2 Å². The van der Waals surface area contributed by atoms with E-state index in [0.717, 1.165) is 0 Å². The van der Waals surface area contributed by atoms with Crippen LogP contribution in [0.1, 0.15) is 10.4 Å². The first-order valence-corrected chi connectivity index (χ1v) is 5.03. The topological polar surface area (TPSA) is 67.4 Å². The molecule has 0 radical (unpaired) electrons. The van der Waals surface area contributed by atoms with Crippen LogP contribution in [0, 0.1) is 0 Å². The van der Waals surface area contributed by atoms with Crippen LogP contribution < -0.4 is 10.6 Å². The third kappa shape index (κ3) is 2.50. The Morgan fingerprint density at radius 2 is 2.19 bits per heavy atom. The van der Waals surface area contributed by atoms with Crippen molar-refractivity contribution < 1.29 is 14.3 Å². The minimum Gasteiger partial charge on any atom is -0.442 e. The van der Waals surface area contributed by atoms with E-state index in [1.807, 2.05) is 6.07 Å². The molecule has 0 unspecified atom stereocenters. The van der Waals surface area contributed by atoms with Crippen molar-refractivity contribution in [3.63, 3.8) is 0 Å². The van der Waals surface area contributed by atoms with Gasteiger partial charge in [0, 0.05) is 5.56 Å². The molecule has 1 aromatic carbocycles. The van der Waals surface area contributed by atoms with Gasteiger partial charge in [0.1, 0.15) is 6.10 Å². The van der Waals surface area contributed by atoms with Crippen LogP contribution in [-0.4, -0.2) is 31.2 Å². The fourth-order valence-corrected chi connectivity index (χ4v) is 1.44. The number of benzene rings is 1. The van der Waals surface area contributed by atoms with E-state index in [2.05, 4.69) is 10.6 Å². The quantitative estimate of drug-likeness (QED) is 0.780. The van der Waals surface area contributed by atoms with Crippen molar-refractivity contribution in [2.24, 2.45) is 0 Å². The highest BCUT2D eigenvalue weighted by Crippen LogP contribution is 2.00. The zero-order chi connectivity index (χ0) is 11.4. The van der Waals surface area contributed by atoms with Crippen LogP contribution >= 0.6 is 0 Å². The molecular weight excluding hydrogens is 208 g/mol. The maximum Gasteiger partial charge on any atom is 0.407 e. The zero-order valence-corrected chi connectivity index (χ0v) is 8.60. The van der Waals surface area contributed by atoms with Gasteiger partial charge in [0.05, 0.1) is 13.1 Å². The molecule has 1 heterocycles. The van der Waals surface area contributed by atoms with Gasteiger partial charge in [-0.05, 0) is 12.1 Å². The van der Waals surface area contributed by atoms with Crippen molar-refractivity contribution in [2.75, 3.05) is 13.1 Å². The summed E-state index contributed by atoms with van der Waals surface area (Å²) in [6.07, 6.45) is -0.709. The van der Waals surface area contributed by atoms with E-state index in [4.69, 9.17) is 4.74 Å². The van der Waals surface area contributed by atoms with Gasteiger partial charge in [0.2, 0.25) is 0 Å². The minimum atomic E-state index is -0.432. The molecule has 1 aromatic rings. The molecule has 1 atom stereocenters. The van der Waals surface area contributed by atoms with Gasteiger partial charge in [0.15, 0.2) is 0 Å². The van der Waals surface area contributed by atoms with E-state index in [0.29, 0.717) is 18.7 Å². The summed E-state index contributed by atoms with van der Waals surface area (Å²) in [5.41, 5.74) is 0.597. The number of hydrogen-bond acceptors (Lipinski definition) is 3. The fourth-order valence-electron chi connectivity index (χ4n) is 1.44. The largest absolute Gasteiger partial charge is 0.442 e. The summed E-state index contributed by atoms with van der Waals surface area (Å²) in [5, 5.41) is 5.23. The normalized spacial score (nSPS) is 18.8. The number of alkyl carbamates (subject to hydrolysis) is 1. The Balaban J connectivity index is 1.82. The van der Waals surface area contributed by atoms with Crippen molar-refractivity contribution in [3.8, 4) is 0 Å². The molecule has 84 valence electrons. The van der Waals surface area contributed by atoms with Crippen molar-refractivity contribution in [3.05, 3.63) is 35.9 Å². The molecular formula is C11H12N2O3. The molecule has 1 saturated heterocycles. The van der Waals surface area contributed by atoms with Crippen molar-refractivity contribution in [1.29, 1.82) is 0 Å². The van der Waals surface area contributed by atoms with Gasteiger partial charge in [-0.25, -0.2) is 4.79 Å². The maximum absolute atomic E-state index is 11.6. The SMILES string of the molecule is O=C1NC[C@H](CNC(=O)c2ccccc2)O1. The average molecular weight is 220 g/mol. The van der Waals surface area contributed by atoms with Gasteiger partial charge in [-0.2, -0.15) is 0 Å². The molecule has 1 aliphatic heterocycles. The summed E-state index contributed by atoms with van der Waals surface area (Å²) in [4.78, 5) is 22.3. The lowest BCUT2D eigenvalue weighted by Gasteiger charge is -2.09. The third-order valence-corrected chi connectivity index (χ3v) is 2.27. The fraction of sp³-hybridized carbons (Fsp3) is 0.273. The van der Waals surface area contributed by atoms with Gasteiger partial charge in [-0.3, -0.25) is 4.79 Å². The molecule has 2 rings (SSSR count). The van der Waals surface area contributed by atoms with E-state index in [1.165, 1.54) is 0 Å². The first-order valence-electron chi connectivity index (χ1n) is 5.03. The molecule has 5 heteroatoms. The Labute approximate surface area is 92.8 Å². The second-order valence-corrected chi connectivity index (χ2v) is 3.48. The monoisotopic (exact) mass is 220 g/mol. The van der Waals surface area contributed by atoms with Crippen LogP contribution in [0.25, 0.3) is 0 Å². The molecule has 0 spiro atoms. The van der Waals surface area contributed by atoms with Gasteiger partial charge in [-0.15, -0.1) is 0 Å². The van der Waals surface area contributed by atoms with Crippen LogP contribution in [0.15, 0.2) is 30.3 Å². The Morgan fingerprint density at radius 1 is 1.44 bits per heavy atom. The van der Waals surface area contributed by atoms with Crippen molar-refractivity contribution in [1.82, 2.24) is 10.6 Å². The summed E-state index contributed by atoms with van der Waals surface area (Å²) < 4.78 is 4.88. The maximum atomic E-state index is 11.6. The Morgan fingerprint density at radius 3 is 2.81 bits per heavy atom. The first-order chi connectivity index (χ1) is 7.75. The van der Waals surface area contributed by atoms with Gasteiger partial charge >= 0.3 is 6.09 Å². The number of amides is 2. The molecule has 16 heavy (non-hydrogen) atoms. The highest BCUT2D eigenvalue weighted by atomic mass is 16.6. The average Bonchev–Trinajstić information content (AvgIpc) is 2.73. The molecule has 0 aromatic heterocycles. The lowest BCUT2D eigenvalue weighted by molar-refractivity contribution is 0.0916. The predicted molar refractivity (Wildman–Crippen MR) is 57.0 cm³/mol. The summed E-state index contributed by atoms with van der Waals surface area (Å²) >= 11 is 0. The van der Waals surface area contributed by atoms with Crippen LogP contribution in [0.4, 0.5) is 4.79 Å². The molecule has 0 saturated carbocycles. The molecule has 5 nitrogen and oxygen atoms in total. The summed E-state index contributed by atoms with van der Waals surface area (Å²) in [5.74, 6) is -0.163. The second kappa shape index (κ2) is 4.65. The van der Waals surface area contributed by atoms with Crippen LogP contribution in [0.3, 0.4) is 0 Å². The number of ether oxygens (including phenoxy) is 1. The second-order valence-electron chi connectivity index (χ2n) is 3.48. The summed E-state index contributed by atoms with van der Waals surface area (Å²) in [6, 6.07) is 8.90. The number of hydrogen-bond donors (Lipinski definition) is 2. The first kappa shape index (κ1) is 10.5. The lowest BCUT2D eigenvalue weighted by Crippen LogP contribution is -2.33. The highest BCUT2D eigenvalue weighted by Gasteiger charge is 2.22. The number of rotatable bonds is 3. The van der Waals surface area contributed by atoms with E-state index in [-0.39, 0.29) is 12.0 Å². The molecule has 1 fully saturated rings. The minimum absolute atomic E-state index is 0.163. The zero-order valence-electron chi connectivity index (χ0n) is 8.60. The lowest BCUT2D eigenvalue weighted by atomic mass is 10.2. The number of carbonyl (C=O) groups is 2. The van der Waals surface area contributed by atoms with E-state index >= 15 is 0 Å². The van der Waals surface area contributed by atoms with Crippen LogP contribution in [0.2, 0.25) is 0 Å². The Bertz CT molecular complexity index is 391. The Hall–Kier alpha value is -2.04. The summed E-state index contributed by atoms with van der Waals surface area (Å²) in [7, 11) is 0. The number of carbonyl (C=O) groups excluding carboxylic acids is 2. The molecule has 2 N–H and O–H groups in total. The van der Waals surface area contributed by atoms with E-state index in [1.54, 1.807) is 24.3 Å². The van der Waals surface area contributed by atoms with Gasteiger partial charge < -0.3 is 15.4 Å². The third-order valence-electron chi connectivity index (χ3n) is 2.27. The molecule has 2 amide bonds. The number of cyclic esters (lactones) is 1. The standard InChI is InChI=1S/C11H12N2O3/c14-10(8-4-2-1-3-5-8)12-6-9-7-13-11(15)16-9/h1-5,9H,6-7H2,(H,12,14)(H,13,15)/t9-/m0/s1. The van der Waals surface area contributed by atoms with Crippen molar-refractivity contribution in [2.45, 2.75) is 6.10 Å². The van der Waals surface area contributed by atoms with Crippen LogP contribution in [-0.2, 0) is 4.74 Å². The number of nitrogens with one attached hydrogen (secondary N) is 2. The highest BCUT2D eigenvalue weighted by molar-refractivity contribution is 5.94. The summed E-state index contributed by atoms with van der Waals surface area (Å²) in [6.45, 7) is 0.764. The molecule has 1 aliphatic rings. The van der Waals surface area contributed by atoms with Gasteiger partial charge in [0.25, 0.3) is 5.91 Å². The van der Waals surface area contributed by atoms with E-state index in [9.17, 15) is 9.59 Å². The molecule has 0 aliphatic carbocycles.